The Labute approximate surface area is 132 Å². The van der Waals surface area contributed by atoms with Crippen LogP contribution in [0.2, 0.25) is 0 Å². The standard InChI is InChI=1S/C18H24N2O2/c19-14-18(10-5-2-6-11-18)17(22)20-13-16(9-12-21)15-7-3-1-4-8-15/h1,3-4,7-8,16,21H,2,5-6,9-13H2,(H,20,22). The second-order valence-corrected chi connectivity index (χ2v) is 6.08. The summed E-state index contributed by atoms with van der Waals surface area (Å²) in [6, 6.07) is 12.1. The van der Waals surface area contributed by atoms with Crippen LogP contribution in [0.5, 0.6) is 0 Å². The Balaban J connectivity index is 2.00. The van der Waals surface area contributed by atoms with Gasteiger partial charge in [0.15, 0.2) is 0 Å². The van der Waals surface area contributed by atoms with Gasteiger partial charge in [-0.3, -0.25) is 4.79 Å². The molecule has 2 N–H and O–H groups in total. The monoisotopic (exact) mass is 300 g/mol. The van der Waals surface area contributed by atoms with Crippen LogP contribution in [0.3, 0.4) is 0 Å². The van der Waals surface area contributed by atoms with Crippen molar-refractivity contribution < 1.29 is 9.90 Å². The van der Waals surface area contributed by atoms with Crippen LogP contribution in [0.1, 0.15) is 50.0 Å². The van der Waals surface area contributed by atoms with Crippen LogP contribution in [0.25, 0.3) is 0 Å². The van der Waals surface area contributed by atoms with E-state index >= 15 is 0 Å². The van der Waals surface area contributed by atoms with Crippen LogP contribution in [0.15, 0.2) is 30.3 Å². The molecule has 1 unspecified atom stereocenters. The SMILES string of the molecule is N#CC1(C(=O)NCC(CCO)c2ccccc2)CCCCC1. The number of nitrogens with zero attached hydrogens (tertiary/aromatic N) is 1. The second kappa shape index (κ2) is 7.95. The van der Waals surface area contributed by atoms with Crippen LogP contribution >= 0.6 is 0 Å². The summed E-state index contributed by atoms with van der Waals surface area (Å²) in [6.45, 7) is 0.547. The van der Waals surface area contributed by atoms with E-state index in [4.69, 9.17) is 0 Å². The highest BCUT2D eigenvalue weighted by atomic mass is 16.3. The minimum absolute atomic E-state index is 0.0782. The predicted octanol–water partition coefficient (Wildman–Crippen LogP) is 2.74. The molecule has 1 aromatic carbocycles. The Kier molecular flexibility index (Phi) is 5.97. The third-order valence-electron chi connectivity index (χ3n) is 4.61. The summed E-state index contributed by atoms with van der Waals surface area (Å²) in [5.41, 5.74) is 0.255. The Morgan fingerprint density at radius 1 is 1.27 bits per heavy atom. The molecule has 4 heteroatoms. The van der Waals surface area contributed by atoms with Crippen molar-refractivity contribution in [3.8, 4) is 6.07 Å². The molecular formula is C18H24N2O2. The Morgan fingerprint density at radius 3 is 2.55 bits per heavy atom. The molecule has 1 aliphatic carbocycles. The van der Waals surface area contributed by atoms with Crippen molar-refractivity contribution in [3.63, 3.8) is 0 Å². The number of carbonyl (C=O) groups excluding carboxylic acids is 1. The van der Waals surface area contributed by atoms with E-state index in [9.17, 15) is 15.2 Å². The molecule has 0 heterocycles. The van der Waals surface area contributed by atoms with Crippen LogP contribution < -0.4 is 5.32 Å². The lowest BCUT2D eigenvalue weighted by atomic mass is 9.74. The molecule has 22 heavy (non-hydrogen) atoms. The number of amides is 1. The minimum Gasteiger partial charge on any atom is -0.396 e. The molecular weight excluding hydrogens is 276 g/mol. The highest BCUT2D eigenvalue weighted by Gasteiger charge is 2.39. The maximum Gasteiger partial charge on any atom is 0.240 e. The highest BCUT2D eigenvalue weighted by molar-refractivity contribution is 5.85. The van der Waals surface area contributed by atoms with E-state index in [-0.39, 0.29) is 18.4 Å². The van der Waals surface area contributed by atoms with Gasteiger partial charge in [0.05, 0.1) is 6.07 Å². The summed E-state index contributed by atoms with van der Waals surface area (Å²) in [7, 11) is 0. The molecule has 1 aromatic rings. The lowest BCUT2D eigenvalue weighted by Crippen LogP contribution is -2.43. The number of hydrogen-bond acceptors (Lipinski definition) is 3. The average Bonchev–Trinajstić information content (AvgIpc) is 2.59. The molecule has 0 radical (unpaired) electrons. The summed E-state index contributed by atoms with van der Waals surface area (Å²) >= 11 is 0. The topological polar surface area (TPSA) is 73.1 Å². The van der Waals surface area contributed by atoms with E-state index in [1.54, 1.807) is 0 Å². The zero-order valence-corrected chi connectivity index (χ0v) is 12.9. The molecule has 1 aliphatic rings. The Bertz CT molecular complexity index is 516. The number of carbonyl (C=O) groups is 1. The lowest BCUT2D eigenvalue weighted by molar-refractivity contribution is -0.129. The first-order valence-electron chi connectivity index (χ1n) is 8.07. The molecule has 4 nitrogen and oxygen atoms in total. The van der Waals surface area contributed by atoms with Crippen LogP contribution in [-0.4, -0.2) is 24.2 Å². The molecule has 0 aromatic heterocycles. The zero-order valence-electron chi connectivity index (χ0n) is 12.9. The largest absolute Gasteiger partial charge is 0.396 e. The van der Waals surface area contributed by atoms with Crippen molar-refractivity contribution in [2.45, 2.75) is 44.4 Å². The molecule has 0 spiro atoms. The predicted molar refractivity (Wildman–Crippen MR) is 85.0 cm³/mol. The quantitative estimate of drug-likeness (QED) is 0.848. The van der Waals surface area contributed by atoms with Crippen LogP contribution in [-0.2, 0) is 4.79 Å². The van der Waals surface area contributed by atoms with Gasteiger partial charge in [0.1, 0.15) is 5.41 Å². The molecule has 0 saturated heterocycles. The fourth-order valence-electron chi connectivity index (χ4n) is 3.20. The number of benzene rings is 1. The van der Waals surface area contributed by atoms with Crippen molar-refractivity contribution in [1.82, 2.24) is 5.32 Å². The summed E-state index contributed by atoms with van der Waals surface area (Å²) in [5.74, 6) is -0.0666. The normalized spacial score (nSPS) is 18.2. The highest BCUT2D eigenvalue weighted by Crippen LogP contribution is 2.36. The van der Waals surface area contributed by atoms with E-state index in [2.05, 4.69) is 11.4 Å². The van der Waals surface area contributed by atoms with Gasteiger partial charge in [-0.25, -0.2) is 0 Å². The molecule has 2 rings (SSSR count). The number of aliphatic hydroxyl groups excluding tert-OH is 1. The minimum atomic E-state index is -0.849. The molecule has 1 amide bonds. The van der Waals surface area contributed by atoms with Gasteiger partial charge in [-0.15, -0.1) is 0 Å². The molecule has 1 fully saturated rings. The van der Waals surface area contributed by atoms with Gasteiger partial charge in [0.25, 0.3) is 0 Å². The molecule has 0 aliphatic heterocycles. The third kappa shape index (κ3) is 3.86. The number of aliphatic hydroxyl groups is 1. The maximum atomic E-state index is 12.5. The number of hydrogen-bond donors (Lipinski definition) is 2. The summed E-state index contributed by atoms with van der Waals surface area (Å²) in [4.78, 5) is 12.5. The maximum absolute atomic E-state index is 12.5. The number of nitriles is 1. The van der Waals surface area contributed by atoms with Gasteiger partial charge >= 0.3 is 0 Å². The molecule has 118 valence electrons. The van der Waals surface area contributed by atoms with Gasteiger partial charge in [0.2, 0.25) is 5.91 Å². The summed E-state index contributed by atoms with van der Waals surface area (Å²) in [5, 5.41) is 21.6. The Hall–Kier alpha value is -1.86. The van der Waals surface area contributed by atoms with Gasteiger partial charge in [0, 0.05) is 19.1 Å². The fraction of sp³-hybridized carbons (Fsp3) is 0.556. The van der Waals surface area contributed by atoms with Crippen molar-refractivity contribution >= 4 is 5.91 Å². The van der Waals surface area contributed by atoms with E-state index in [1.165, 1.54) is 0 Å². The van der Waals surface area contributed by atoms with Gasteiger partial charge in [-0.2, -0.15) is 5.26 Å². The third-order valence-corrected chi connectivity index (χ3v) is 4.61. The fourth-order valence-corrected chi connectivity index (χ4v) is 3.20. The van der Waals surface area contributed by atoms with Crippen molar-refractivity contribution in [1.29, 1.82) is 5.26 Å². The van der Waals surface area contributed by atoms with Crippen LogP contribution in [0, 0.1) is 16.7 Å². The first-order chi connectivity index (χ1) is 10.7. The summed E-state index contributed by atoms with van der Waals surface area (Å²) in [6.07, 6.45) is 4.91. The van der Waals surface area contributed by atoms with E-state index in [0.717, 1.165) is 24.8 Å². The number of rotatable bonds is 6. The Morgan fingerprint density at radius 2 is 1.95 bits per heavy atom. The second-order valence-electron chi connectivity index (χ2n) is 6.08. The van der Waals surface area contributed by atoms with Gasteiger partial charge < -0.3 is 10.4 Å². The lowest BCUT2D eigenvalue weighted by Gasteiger charge is -2.30. The van der Waals surface area contributed by atoms with Gasteiger partial charge in [-0.05, 0) is 24.8 Å². The van der Waals surface area contributed by atoms with Crippen molar-refractivity contribution in [2.75, 3.05) is 13.2 Å². The van der Waals surface area contributed by atoms with Crippen molar-refractivity contribution in [3.05, 3.63) is 35.9 Å². The number of nitrogens with one attached hydrogen (secondary N) is 1. The van der Waals surface area contributed by atoms with E-state index in [1.807, 2.05) is 30.3 Å². The van der Waals surface area contributed by atoms with E-state index < -0.39 is 5.41 Å². The molecule has 0 bridgehead atoms. The van der Waals surface area contributed by atoms with Gasteiger partial charge in [-0.1, -0.05) is 49.6 Å². The first kappa shape index (κ1) is 16.5. The van der Waals surface area contributed by atoms with Crippen LogP contribution in [0.4, 0.5) is 0 Å². The molecule has 1 saturated carbocycles. The van der Waals surface area contributed by atoms with Crippen molar-refractivity contribution in [2.24, 2.45) is 5.41 Å². The van der Waals surface area contributed by atoms with E-state index in [0.29, 0.717) is 25.8 Å². The smallest absolute Gasteiger partial charge is 0.240 e. The summed E-state index contributed by atoms with van der Waals surface area (Å²) < 4.78 is 0. The average molecular weight is 300 g/mol. The zero-order chi connectivity index (χ0) is 15.8. The molecule has 1 atom stereocenters. The first-order valence-corrected chi connectivity index (χ1v) is 8.07.